The molecule has 5 aliphatic carbocycles. The van der Waals surface area contributed by atoms with Crippen molar-refractivity contribution in [2.45, 2.75) is 82.2 Å². The van der Waals surface area contributed by atoms with E-state index in [1.54, 1.807) is 0 Å². The molecule has 6 N–H and O–H groups in total. The van der Waals surface area contributed by atoms with Crippen LogP contribution in [-0.2, 0) is 33.5 Å². The summed E-state index contributed by atoms with van der Waals surface area (Å²) in [5.74, 6) is -8.07. The normalized spacial score (nSPS) is 28.6. The van der Waals surface area contributed by atoms with Crippen LogP contribution in [0.4, 0.5) is 13.2 Å². The molecule has 0 saturated heterocycles. The Morgan fingerprint density at radius 3 is 2.19 bits per heavy atom. The van der Waals surface area contributed by atoms with E-state index >= 15 is 13.2 Å². The summed E-state index contributed by atoms with van der Waals surface area (Å²) in [6.07, 6.45) is 1.86. The van der Waals surface area contributed by atoms with Gasteiger partial charge in [-0.3, -0.25) is 24.2 Å². The lowest BCUT2D eigenvalue weighted by molar-refractivity contribution is -0.153. The van der Waals surface area contributed by atoms with E-state index in [0.29, 0.717) is 24.9 Å². The molecule has 3 fully saturated rings. The summed E-state index contributed by atoms with van der Waals surface area (Å²) in [4.78, 5) is 42.9. The zero-order valence-corrected chi connectivity index (χ0v) is 26.6. The molecule has 0 heterocycles. The maximum absolute atomic E-state index is 15.1. The second kappa shape index (κ2) is 11.9. The number of primary amides is 1. The first kappa shape index (κ1) is 33.5. The molecule has 47 heavy (non-hydrogen) atoms. The van der Waals surface area contributed by atoms with Crippen LogP contribution in [-0.4, -0.2) is 86.5 Å². The Morgan fingerprint density at radius 2 is 1.64 bits per heavy atom. The number of phenols is 1. The first-order chi connectivity index (χ1) is 22.0. The summed E-state index contributed by atoms with van der Waals surface area (Å²) in [5.41, 5.74) is -0.974. The molecule has 0 aromatic heterocycles. The largest absolute Gasteiger partial charge is 0.508 e. The number of hydrogen-bond donors (Lipinski definition) is 5. The van der Waals surface area contributed by atoms with Crippen LogP contribution in [0.15, 0.2) is 23.0 Å². The summed E-state index contributed by atoms with van der Waals surface area (Å²) < 4.78 is 45.2. The summed E-state index contributed by atoms with van der Waals surface area (Å²) >= 11 is 0. The Labute approximate surface area is 270 Å². The smallest absolute Gasteiger partial charge is 0.417 e. The Balaban J connectivity index is 1.46. The average molecular weight is 662 g/mol. The van der Waals surface area contributed by atoms with Gasteiger partial charge in [0, 0.05) is 31.1 Å². The van der Waals surface area contributed by atoms with Crippen LogP contribution in [0.5, 0.6) is 5.75 Å². The fourth-order valence-electron chi connectivity index (χ4n) is 8.71. The molecule has 4 atom stereocenters. The van der Waals surface area contributed by atoms with Gasteiger partial charge >= 0.3 is 6.18 Å². The predicted octanol–water partition coefficient (Wildman–Crippen LogP) is 3.78. The third-order valence-corrected chi connectivity index (χ3v) is 10.9. The molecule has 1 amide bonds. The van der Waals surface area contributed by atoms with Crippen molar-refractivity contribution in [2.75, 3.05) is 27.2 Å². The number of carbonyl (C=O) groups is 3. The zero-order chi connectivity index (χ0) is 34.2. The number of halogens is 3. The van der Waals surface area contributed by atoms with E-state index in [0.717, 1.165) is 51.0 Å². The minimum atomic E-state index is -4.87. The summed E-state index contributed by atoms with van der Waals surface area (Å²) in [6, 6.07) is -0.320. The number of hydrogen-bond acceptors (Lipinski definition) is 9. The van der Waals surface area contributed by atoms with Crippen LogP contribution in [0.25, 0.3) is 5.76 Å². The SMILES string of the molecule is CN(C)[C@@H]1C(=O)C(C(N)=O)=C(O)[C@@]2(O)C(=O)C3=C(O)c4c(O)cc(CN(CC5CCCCC5)CC5CC5)c(C(F)(F)F)c4C[C@H]3C[C@@H]12. The van der Waals surface area contributed by atoms with Crippen molar-refractivity contribution in [2.24, 2.45) is 29.4 Å². The van der Waals surface area contributed by atoms with Gasteiger partial charge in [0.1, 0.15) is 22.8 Å². The molecule has 0 radical (unpaired) electrons. The fraction of sp³-hybridized carbons (Fsp3) is 0.618. The number of ketones is 2. The van der Waals surface area contributed by atoms with E-state index < -0.39 is 93.1 Å². The third kappa shape index (κ3) is 5.63. The Bertz CT molecular complexity index is 1570. The highest BCUT2D eigenvalue weighted by Crippen LogP contribution is 2.54. The number of rotatable bonds is 8. The quantitative estimate of drug-likeness (QED) is 0.261. The number of fused-ring (bicyclic) bond motifs is 3. The first-order valence-electron chi connectivity index (χ1n) is 16.4. The van der Waals surface area contributed by atoms with E-state index in [2.05, 4.69) is 4.90 Å². The van der Waals surface area contributed by atoms with Gasteiger partial charge in [0.05, 0.1) is 17.2 Å². The van der Waals surface area contributed by atoms with Crippen molar-refractivity contribution in [1.82, 2.24) is 9.80 Å². The molecular weight excluding hydrogens is 619 g/mol. The molecular formula is C34H42F3N3O7. The summed E-state index contributed by atoms with van der Waals surface area (Å²) in [7, 11) is 2.92. The lowest BCUT2D eigenvalue weighted by Gasteiger charge is -2.50. The van der Waals surface area contributed by atoms with Gasteiger partial charge in [0.15, 0.2) is 11.4 Å². The molecule has 10 nitrogen and oxygen atoms in total. The number of alkyl halides is 3. The van der Waals surface area contributed by atoms with Gasteiger partial charge in [-0.2, -0.15) is 13.2 Å². The fourth-order valence-corrected chi connectivity index (χ4v) is 8.71. The highest BCUT2D eigenvalue weighted by molar-refractivity contribution is 6.24. The molecule has 1 aromatic rings. The van der Waals surface area contributed by atoms with Crippen LogP contribution < -0.4 is 5.73 Å². The molecule has 1 aromatic carbocycles. The van der Waals surface area contributed by atoms with Crippen LogP contribution in [0.1, 0.15) is 73.6 Å². The van der Waals surface area contributed by atoms with Gasteiger partial charge in [0.2, 0.25) is 5.78 Å². The number of benzene rings is 1. The second-order valence-corrected chi connectivity index (χ2v) is 14.4. The molecule has 5 aliphatic rings. The van der Waals surface area contributed by atoms with Crippen LogP contribution in [0.3, 0.4) is 0 Å². The number of aliphatic hydroxyl groups is 3. The molecule has 256 valence electrons. The lowest BCUT2D eigenvalue weighted by Crippen LogP contribution is -2.65. The molecule has 0 bridgehead atoms. The molecule has 0 unspecified atom stereocenters. The van der Waals surface area contributed by atoms with Crippen LogP contribution in [0.2, 0.25) is 0 Å². The summed E-state index contributed by atoms with van der Waals surface area (Å²) in [5, 5.41) is 45.4. The number of aromatic hydroxyl groups is 1. The first-order valence-corrected chi connectivity index (χ1v) is 16.4. The van der Waals surface area contributed by atoms with Crippen LogP contribution >= 0.6 is 0 Å². The maximum Gasteiger partial charge on any atom is 0.417 e. The van der Waals surface area contributed by atoms with Crippen molar-refractivity contribution in [1.29, 1.82) is 0 Å². The minimum absolute atomic E-state index is 0.0439. The van der Waals surface area contributed by atoms with Gasteiger partial charge in [-0.25, -0.2) is 0 Å². The van der Waals surface area contributed by atoms with E-state index in [4.69, 9.17) is 5.73 Å². The van der Waals surface area contributed by atoms with Gasteiger partial charge in [0.25, 0.3) is 5.91 Å². The van der Waals surface area contributed by atoms with E-state index in [9.17, 15) is 34.8 Å². The summed E-state index contributed by atoms with van der Waals surface area (Å²) in [6.45, 7) is 1.27. The van der Waals surface area contributed by atoms with Crippen molar-refractivity contribution in [3.63, 3.8) is 0 Å². The van der Waals surface area contributed by atoms with E-state index in [1.807, 2.05) is 0 Å². The molecule has 3 saturated carbocycles. The topological polar surface area (TPSA) is 165 Å². The number of Topliss-reactive ketones (excluding diaryl/α,β-unsaturated/α-hetero) is 2. The van der Waals surface area contributed by atoms with Crippen LogP contribution in [0, 0.1) is 23.7 Å². The Kier molecular flexibility index (Phi) is 8.49. The molecule has 13 heteroatoms. The lowest BCUT2D eigenvalue weighted by atomic mass is 9.57. The van der Waals surface area contributed by atoms with Crippen molar-refractivity contribution in [3.05, 3.63) is 45.2 Å². The predicted molar refractivity (Wildman–Crippen MR) is 164 cm³/mol. The number of phenolic OH excluding ortho intramolecular Hbond substituents is 1. The minimum Gasteiger partial charge on any atom is -0.508 e. The molecule has 6 rings (SSSR count). The molecule has 0 aliphatic heterocycles. The van der Waals surface area contributed by atoms with Gasteiger partial charge in [-0.1, -0.05) is 19.3 Å². The number of amides is 1. The number of nitrogens with two attached hydrogens (primary N) is 1. The van der Waals surface area contributed by atoms with Gasteiger partial charge in [-0.05, 0) is 87.6 Å². The Hall–Kier alpha value is -3.42. The molecule has 0 spiro atoms. The van der Waals surface area contributed by atoms with Gasteiger partial charge < -0.3 is 26.2 Å². The van der Waals surface area contributed by atoms with Crippen molar-refractivity contribution in [3.8, 4) is 5.75 Å². The second-order valence-electron chi connectivity index (χ2n) is 14.4. The van der Waals surface area contributed by atoms with E-state index in [-0.39, 0.29) is 24.1 Å². The monoisotopic (exact) mass is 661 g/mol. The highest BCUT2D eigenvalue weighted by Gasteiger charge is 2.64. The zero-order valence-electron chi connectivity index (χ0n) is 26.6. The van der Waals surface area contributed by atoms with Crippen molar-refractivity contribution >= 4 is 23.2 Å². The standard InChI is InChI=1S/C34H42F3N3O7/c1-39(2)27-21-11-18-10-20-24(28(42)23(18)30(44)33(21,47)31(45)25(29(27)43)32(38)46)22(41)12-19(26(20)34(35,36)37)15-40(14-17-8-9-17)13-16-6-4-3-5-7-16/h12,16-18,21,27,41-42,45,47H,3-11,13-15H2,1-2H3,(H2,38,46)/t18-,21-,27-,33-/m0/s1. The van der Waals surface area contributed by atoms with Gasteiger partial charge in [-0.15, -0.1) is 0 Å². The Morgan fingerprint density at radius 1 is 1.02 bits per heavy atom. The average Bonchev–Trinajstić information content (AvgIpc) is 3.78. The highest BCUT2D eigenvalue weighted by atomic mass is 19.4. The number of likely N-dealkylation sites (N-methyl/N-ethyl adjacent to an activating group) is 1. The van der Waals surface area contributed by atoms with Crippen molar-refractivity contribution < 1.29 is 48.0 Å². The number of carbonyl (C=O) groups excluding carboxylic acids is 3. The third-order valence-electron chi connectivity index (χ3n) is 10.9. The maximum atomic E-state index is 15.1. The number of aliphatic hydroxyl groups excluding tert-OH is 2. The van der Waals surface area contributed by atoms with E-state index in [1.165, 1.54) is 19.0 Å². The number of nitrogens with zero attached hydrogens (tertiary/aromatic N) is 2.